The molecule has 7 nitrogen and oxygen atoms in total. The van der Waals surface area contributed by atoms with E-state index in [1.807, 2.05) is 36.9 Å². The third-order valence-electron chi connectivity index (χ3n) is 5.99. The maximum atomic E-state index is 13.0. The first-order valence-corrected chi connectivity index (χ1v) is 10.4. The maximum Gasteiger partial charge on any atom is 0.253 e. The number of aromatic nitrogens is 4. The maximum absolute atomic E-state index is 13.0. The Morgan fingerprint density at radius 1 is 1.07 bits per heavy atom. The molecule has 0 unspecified atom stereocenters. The molecule has 150 valence electrons. The summed E-state index contributed by atoms with van der Waals surface area (Å²) in [7, 11) is 0. The van der Waals surface area contributed by atoms with Crippen molar-refractivity contribution in [1.29, 1.82) is 0 Å². The molecular weight excluding hydrogens is 364 g/mol. The van der Waals surface area contributed by atoms with Crippen molar-refractivity contribution in [3.8, 4) is 0 Å². The van der Waals surface area contributed by atoms with Crippen molar-refractivity contribution < 1.29 is 4.79 Å². The van der Waals surface area contributed by atoms with Crippen molar-refractivity contribution in [3.63, 3.8) is 0 Å². The quantitative estimate of drug-likeness (QED) is 0.740. The van der Waals surface area contributed by atoms with Crippen LogP contribution in [0.15, 0.2) is 30.6 Å². The molecule has 1 aromatic carbocycles. The Balaban J connectivity index is 1.29. The van der Waals surface area contributed by atoms with Gasteiger partial charge in [0.2, 0.25) is 0 Å². The summed E-state index contributed by atoms with van der Waals surface area (Å²) in [6.45, 7) is 5.49. The van der Waals surface area contributed by atoms with Crippen LogP contribution < -0.4 is 4.90 Å². The predicted octanol–water partition coefficient (Wildman–Crippen LogP) is 3.24. The van der Waals surface area contributed by atoms with Gasteiger partial charge in [-0.05, 0) is 57.7 Å². The number of likely N-dealkylation sites (tertiary alicyclic amines) is 1. The van der Waals surface area contributed by atoms with Crippen LogP contribution in [0.4, 0.5) is 5.82 Å². The molecule has 3 aromatic rings. The van der Waals surface area contributed by atoms with E-state index in [0.717, 1.165) is 59.9 Å². The third kappa shape index (κ3) is 3.57. The first-order valence-electron chi connectivity index (χ1n) is 10.4. The number of anilines is 1. The fourth-order valence-electron chi connectivity index (χ4n) is 4.41. The number of hydrogen-bond acceptors (Lipinski definition) is 5. The number of aryl methyl sites for hydroxylation is 2. The summed E-state index contributed by atoms with van der Waals surface area (Å²) in [6.07, 6.45) is 6.05. The van der Waals surface area contributed by atoms with Crippen molar-refractivity contribution in [2.45, 2.75) is 51.6 Å². The molecule has 2 aromatic heterocycles. The van der Waals surface area contributed by atoms with Gasteiger partial charge in [0.15, 0.2) is 0 Å². The van der Waals surface area contributed by atoms with Crippen molar-refractivity contribution >= 4 is 22.8 Å². The van der Waals surface area contributed by atoms with Crippen molar-refractivity contribution in [1.82, 2.24) is 24.8 Å². The van der Waals surface area contributed by atoms with Crippen LogP contribution in [-0.4, -0.2) is 55.9 Å². The van der Waals surface area contributed by atoms with Crippen LogP contribution in [0.3, 0.4) is 0 Å². The summed E-state index contributed by atoms with van der Waals surface area (Å²) in [5, 5.41) is 0. The predicted molar refractivity (Wildman–Crippen MR) is 112 cm³/mol. The Morgan fingerprint density at radius 3 is 2.55 bits per heavy atom. The van der Waals surface area contributed by atoms with Crippen molar-refractivity contribution in [2.24, 2.45) is 0 Å². The van der Waals surface area contributed by atoms with E-state index in [1.54, 1.807) is 6.33 Å². The molecular formula is C22H26N6O. The summed E-state index contributed by atoms with van der Waals surface area (Å²) >= 11 is 0. The monoisotopic (exact) mass is 390 g/mol. The lowest BCUT2D eigenvalue weighted by Gasteiger charge is -2.39. The first kappa shape index (κ1) is 18.1. The topological polar surface area (TPSA) is 78.0 Å². The summed E-state index contributed by atoms with van der Waals surface area (Å²) in [4.78, 5) is 33.9. The number of piperidine rings is 1. The molecule has 1 saturated carbocycles. The number of benzene rings is 1. The Kier molecular flexibility index (Phi) is 4.45. The van der Waals surface area contributed by atoms with Gasteiger partial charge in [0.05, 0.1) is 11.0 Å². The van der Waals surface area contributed by atoms with E-state index < -0.39 is 0 Å². The highest BCUT2D eigenvalue weighted by molar-refractivity contribution is 5.97. The van der Waals surface area contributed by atoms with E-state index in [9.17, 15) is 4.79 Å². The standard InChI is InChI=1S/C22H26N6O/c1-14-11-21(24-13-23-14)28(17-4-5-17)18-7-9-27(10-8-18)22(29)16-3-6-19-20(12-16)26-15(2)25-19/h3,6,11-13,17-18H,4-5,7-10H2,1-2H3,(H,25,26). The lowest BCUT2D eigenvalue weighted by atomic mass is 10.0. The lowest BCUT2D eigenvalue weighted by Crippen LogP contribution is -2.48. The van der Waals surface area contributed by atoms with Gasteiger partial charge in [-0.1, -0.05) is 0 Å². The molecule has 7 heteroatoms. The number of imidazole rings is 1. The molecule has 5 rings (SSSR count). The Hall–Kier alpha value is -2.96. The van der Waals surface area contributed by atoms with Crippen LogP contribution >= 0.6 is 0 Å². The Labute approximate surface area is 170 Å². The van der Waals surface area contributed by atoms with E-state index in [1.165, 1.54) is 12.8 Å². The number of nitrogens with one attached hydrogen (secondary N) is 1. The Morgan fingerprint density at radius 2 is 1.83 bits per heavy atom. The molecule has 2 aliphatic rings. The number of rotatable bonds is 4. The van der Waals surface area contributed by atoms with Crippen molar-refractivity contribution in [2.75, 3.05) is 18.0 Å². The smallest absolute Gasteiger partial charge is 0.253 e. The lowest BCUT2D eigenvalue weighted by molar-refractivity contribution is 0.0712. The molecule has 1 aliphatic heterocycles. The summed E-state index contributed by atoms with van der Waals surface area (Å²) in [5.74, 6) is 2.00. The highest BCUT2D eigenvalue weighted by Gasteiger charge is 2.37. The number of carbonyl (C=O) groups is 1. The molecule has 0 bridgehead atoms. The SMILES string of the molecule is Cc1cc(N(C2CC2)C2CCN(C(=O)c3ccc4nc(C)[nH]c4c3)CC2)ncn1. The van der Waals surface area contributed by atoms with Crippen LogP contribution in [0.2, 0.25) is 0 Å². The second kappa shape index (κ2) is 7.13. The van der Waals surface area contributed by atoms with Gasteiger partial charge in [-0.2, -0.15) is 0 Å². The van der Waals surface area contributed by atoms with Crippen LogP contribution in [0.5, 0.6) is 0 Å². The minimum atomic E-state index is 0.105. The molecule has 0 radical (unpaired) electrons. The van der Waals surface area contributed by atoms with Crippen LogP contribution in [0.1, 0.15) is 47.6 Å². The van der Waals surface area contributed by atoms with E-state index in [-0.39, 0.29) is 5.91 Å². The summed E-state index contributed by atoms with van der Waals surface area (Å²) in [6, 6.07) is 8.82. The fourth-order valence-corrected chi connectivity index (χ4v) is 4.41. The molecule has 1 aliphatic carbocycles. The van der Waals surface area contributed by atoms with E-state index in [4.69, 9.17) is 0 Å². The molecule has 29 heavy (non-hydrogen) atoms. The third-order valence-corrected chi connectivity index (χ3v) is 5.99. The second-order valence-electron chi connectivity index (χ2n) is 8.23. The number of H-pyrrole nitrogens is 1. The number of fused-ring (bicyclic) bond motifs is 1. The van der Waals surface area contributed by atoms with Gasteiger partial charge in [-0.15, -0.1) is 0 Å². The average molecular weight is 390 g/mol. The second-order valence-corrected chi connectivity index (χ2v) is 8.23. The summed E-state index contributed by atoms with van der Waals surface area (Å²) in [5.41, 5.74) is 3.54. The Bertz CT molecular complexity index is 1050. The molecule has 0 spiro atoms. The summed E-state index contributed by atoms with van der Waals surface area (Å²) < 4.78 is 0. The van der Waals surface area contributed by atoms with Gasteiger partial charge in [0.25, 0.3) is 5.91 Å². The number of nitrogens with zero attached hydrogens (tertiary/aromatic N) is 5. The van der Waals surface area contributed by atoms with E-state index >= 15 is 0 Å². The number of hydrogen-bond donors (Lipinski definition) is 1. The van der Waals surface area contributed by atoms with Crippen LogP contribution in [0, 0.1) is 13.8 Å². The molecule has 1 amide bonds. The zero-order valence-electron chi connectivity index (χ0n) is 16.9. The average Bonchev–Trinajstić information content (AvgIpc) is 3.47. The molecule has 1 N–H and O–H groups in total. The van der Waals surface area contributed by atoms with Crippen molar-refractivity contribution in [3.05, 3.63) is 47.7 Å². The minimum Gasteiger partial charge on any atom is -0.350 e. The van der Waals surface area contributed by atoms with Gasteiger partial charge in [-0.3, -0.25) is 4.79 Å². The van der Waals surface area contributed by atoms with Gasteiger partial charge in [-0.25, -0.2) is 15.0 Å². The largest absolute Gasteiger partial charge is 0.350 e. The van der Waals surface area contributed by atoms with Gasteiger partial charge in [0.1, 0.15) is 18.0 Å². The first-order chi connectivity index (χ1) is 14.1. The van der Waals surface area contributed by atoms with E-state index in [2.05, 4.69) is 30.9 Å². The van der Waals surface area contributed by atoms with Gasteiger partial charge >= 0.3 is 0 Å². The highest BCUT2D eigenvalue weighted by Crippen LogP contribution is 2.35. The normalized spacial score (nSPS) is 17.7. The fraction of sp³-hybridized carbons (Fsp3) is 0.455. The highest BCUT2D eigenvalue weighted by atomic mass is 16.2. The van der Waals surface area contributed by atoms with Crippen LogP contribution in [-0.2, 0) is 0 Å². The molecule has 2 fully saturated rings. The minimum absolute atomic E-state index is 0.105. The zero-order valence-corrected chi connectivity index (χ0v) is 16.9. The van der Waals surface area contributed by atoms with Gasteiger partial charge in [0, 0.05) is 42.5 Å². The number of amides is 1. The zero-order chi connectivity index (χ0) is 20.0. The molecule has 1 saturated heterocycles. The van der Waals surface area contributed by atoms with E-state index in [0.29, 0.717) is 12.1 Å². The molecule has 0 atom stereocenters. The molecule has 3 heterocycles. The number of aromatic amines is 1. The van der Waals surface area contributed by atoms with Gasteiger partial charge < -0.3 is 14.8 Å². The van der Waals surface area contributed by atoms with Crippen LogP contribution in [0.25, 0.3) is 11.0 Å². The number of carbonyl (C=O) groups excluding carboxylic acids is 1.